The second-order valence-electron chi connectivity index (χ2n) is 4.84. The van der Waals surface area contributed by atoms with Crippen LogP contribution in [0.5, 0.6) is 0 Å². The molecule has 94 valence electrons. The van der Waals surface area contributed by atoms with Gasteiger partial charge in [-0.1, -0.05) is 0 Å². The molecule has 1 amide bonds. The first-order chi connectivity index (χ1) is 7.57. The van der Waals surface area contributed by atoms with Crippen LogP contribution in [0.4, 0.5) is 0 Å². The summed E-state index contributed by atoms with van der Waals surface area (Å²) >= 11 is 0. The first-order valence-electron chi connectivity index (χ1n) is 6.22. The zero-order valence-electron chi connectivity index (χ0n) is 10.6. The lowest BCUT2D eigenvalue weighted by Gasteiger charge is -2.30. The number of nitrogens with one attached hydrogen (secondary N) is 1. The van der Waals surface area contributed by atoms with Crippen molar-refractivity contribution in [2.45, 2.75) is 45.7 Å². The molecule has 0 aromatic carbocycles. The minimum atomic E-state index is 0.112. The normalized spacial score (nSPS) is 25.1. The Morgan fingerprint density at radius 3 is 2.69 bits per heavy atom. The largest absolute Gasteiger partial charge is 0.396 e. The zero-order chi connectivity index (χ0) is 12.1. The Kier molecular flexibility index (Phi) is 5.22. The maximum atomic E-state index is 12.3. The van der Waals surface area contributed by atoms with Crippen molar-refractivity contribution >= 4 is 5.91 Å². The number of rotatable bonds is 5. The molecule has 1 heterocycles. The van der Waals surface area contributed by atoms with Crippen LogP contribution in [0, 0.1) is 5.92 Å². The molecule has 0 aromatic rings. The topological polar surface area (TPSA) is 52.6 Å². The molecule has 1 aliphatic heterocycles. The average Bonchev–Trinajstić information content (AvgIpc) is 2.64. The molecule has 0 bridgehead atoms. The maximum Gasteiger partial charge on any atom is 0.227 e. The van der Waals surface area contributed by atoms with Crippen molar-refractivity contribution in [3.63, 3.8) is 0 Å². The van der Waals surface area contributed by atoms with E-state index < -0.39 is 0 Å². The molecule has 0 aliphatic carbocycles. The molecule has 1 saturated heterocycles. The molecule has 2 N–H and O–H groups in total. The van der Waals surface area contributed by atoms with Crippen molar-refractivity contribution < 1.29 is 9.90 Å². The Bertz CT molecular complexity index is 231. The van der Waals surface area contributed by atoms with Crippen LogP contribution < -0.4 is 5.32 Å². The molecule has 4 heteroatoms. The second-order valence-corrected chi connectivity index (χ2v) is 4.84. The summed E-state index contributed by atoms with van der Waals surface area (Å²) in [7, 11) is 0. The molecule has 0 spiro atoms. The lowest BCUT2D eigenvalue weighted by atomic mass is 9.99. The molecule has 1 rings (SSSR count). The van der Waals surface area contributed by atoms with Crippen LogP contribution in [-0.2, 0) is 4.79 Å². The number of amides is 1. The van der Waals surface area contributed by atoms with E-state index in [1.807, 2.05) is 18.7 Å². The third-order valence-electron chi connectivity index (χ3n) is 3.31. The maximum absolute atomic E-state index is 12.3. The highest BCUT2D eigenvalue weighted by molar-refractivity contribution is 5.80. The summed E-state index contributed by atoms with van der Waals surface area (Å²) in [5, 5.41) is 12.1. The lowest BCUT2D eigenvalue weighted by Crippen LogP contribution is -2.44. The standard InChI is InChI=1S/C12H24N2O2/c1-9(2)14(7-4-8-15)12(16)11-5-6-13-10(11)3/h9-11,13,15H,4-8H2,1-3H3. The molecule has 16 heavy (non-hydrogen) atoms. The van der Waals surface area contributed by atoms with E-state index in [2.05, 4.69) is 12.2 Å². The summed E-state index contributed by atoms with van der Waals surface area (Å²) in [6.07, 6.45) is 1.60. The summed E-state index contributed by atoms with van der Waals surface area (Å²) < 4.78 is 0. The van der Waals surface area contributed by atoms with E-state index in [0.717, 1.165) is 13.0 Å². The fourth-order valence-electron chi connectivity index (χ4n) is 2.27. The SMILES string of the molecule is CC1NCCC1C(=O)N(CCCO)C(C)C. The van der Waals surface area contributed by atoms with Crippen molar-refractivity contribution in [3.8, 4) is 0 Å². The van der Waals surface area contributed by atoms with Gasteiger partial charge >= 0.3 is 0 Å². The highest BCUT2D eigenvalue weighted by atomic mass is 16.3. The molecule has 2 unspecified atom stereocenters. The van der Waals surface area contributed by atoms with Crippen LogP contribution in [-0.4, -0.2) is 47.7 Å². The molecule has 0 aromatic heterocycles. The molecule has 1 aliphatic rings. The summed E-state index contributed by atoms with van der Waals surface area (Å²) in [6.45, 7) is 7.87. The Hall–Kier alpha value is -0.610. The van der Waals surface area contributed by atoms with Gasteiger partial charge in [0.15, 0.2) is 0 Å². The highest BCUT2D eigenvalue weighted by Crippen LogP contribution is 2.19. The third-order valence-corrected chi connectivity index (χ3v) is 3.31. The minimum Gasteiger partial charge on any atom is -0.396 e. The summed E-state index contributed by atoms with van der Waals surface area (Å²) in [4.78, 5) is 14.2. The van der Waals surface area contributed by atoms with E-state index in [0.29, 0.717) is 13.0 Å². The van der Waals surface area contributed by atoms with E-state index >= 15 is 0 Å². The fraction of sp³-hybridized carbons (Fsp3) is 0.917. The van der Waals surface area contributed by atoms with Gasteiger partial charge in [0.25, 0.3) is 0 Å². The van der Waals surface area contributed by atoms with Gasteiger partial charge in [-0.05, 0) is 40.2 Å². The van der Waals surface area contributed by atoms with Crippen LogP contribution in [0.1, 0.15) is 33.6 Å². The van der Waals surface area contributed by atoms with E-state index in [4.69, 9.17) is 5.11 Å². The third kappa shape index (κ3) is 3.19. The molecule has 0 saturated carbocycles. The van der Waals surface area contributed by atoms with Crippen LogP contribution in [0.3, 0.4) is 0 Å². The molecule has 4 nitrogen and oxygen atoms in total. The average molecular weight is 228 g/mol. The minimum absolute atomic E-state index is 0.112. The molecular weight excluding hydrogens is 204 g/mol. The first-order valence-corrected chi connectivity index (χ1v) is 6.22. The number of carbonyl (C=O) groups is 1. The number of aliphatic hydroxyl groups is 1. The monoisotopic (exact) mass is 228 g/mol. The van der Waals surface area contributed by atoms with Gasteiger partial charge < -0.3 is 15.3 Å². The quantitative estimate of drug-likeness (QED) is 0.724. The Morgan fingerprint density at radius 2 is 2.25 bits per heavy atom. The van der Waals surface area contributed by atoms with Crippen LogP contribution in [0.25, 0.3) is 0 Å². The van der Waals surface area contributed by atoms with E-state index in [1.165, 1.54) is 0 Å². The Balaban J connectivity index is 2.59. The number of nitrogens with zero attached hydrogens (tertiary/aromatic N) is 1. The Morgan fingerprint density at radius 1 is 1.56 bits per heavy atom. The second kappa shape index (κ2) is 6.21. The number of hydrogen-bond acceptors (Lipinski definition) is 3. The summed E-state index contributed by atoms with van der Waals surface area (Å²) in [5.41, 5.74) is 0. The van der Waals surface area contributed by atoms with Gasteiger partial charge in [-0.25, -0.2) is 0 Å². The van der Waals surface area contributed by atoms with Crippen LogP contribution >= 0.6 is 0 Å². The number of hydrogen-bond donors (Lipinski definition) is 2. The van der Waals surface area contributed by atoms with Crippen molar-refractivity contribution in [2.75, 3.05) is 19.7 Å². The van der Waals surface area contributed by atoms with Crippen LogP contribution in [0.2, 0.25) is 0 Å². The summed E-state index contributed by atoms with van der Waals surface area (Å²) in [5.74, 6) is 0.349. The van der Waals surface area contributed by atoms with Crippen molar-refractivity contribution in [3.05, 3.63) is 0 Å². The van der Waals surface area contributed by atoms with Gasteiger partial charge in [0.2, 0.25) is 5.91 Å². The predicted molar refractivity (Wildman–Crippen MR) is 64.1 cm³/mol. The smallest absolute Gasteiger partial charge is 0.227 e. The molecule has 1 fully saturated rings. The van der Waals surface area contributed by atoms with Crippen molar-refractivity contribution in [2.24, 2.45) is 5.92 Å². The van der Waals surface area contributed by atoms with E-state index in [9.17, 15) is 4.79 Å². The molecule has 0 radical (unpaired) electrons. The van der Waals surface area contributed by atoms with Crippen molar-refractivity contribution in [1.82, 2.24) is 10.2 Å². The number of aliphatic hydroxyl groups excluding tert-OH is 1. The van der Waals surface area contributed by atoms with E-state index in [1.54, 1.807) is 0 Å². The fourth-order valence-corrected chi connectivity index (χ4v) is 2.27. The van der Waals surface area contributed by atoms with Gasteiger partial charge in [0.05, 0.1) is 5.92 Å². The Labute approximate surface area is 98.0 Å². The lowest BCUT2D eigenvalue weighted by molar-refractivity contribution is -0.137. The van der Waals surface area contributed by atoms with Gasteiger partial charge in [0, 0.05) is 25.2 Å². The van der Waals surface area contributed by atoms with Gasteiger partial charge in [-0.2, -0.15) is 0 Å². The van der Waals surface area contributed by atoms with Gasteiger partial charge in [0.1, 0.15) is 0 Å². The number of carbonyl (C=O) groups excluding carboxylic acids is 1. The van der Waals surface area contributed by atoms with Gasteiger partial charge in [-0.3, -0.25) is 4.79 Å². The van der Waals surface area contributed by atoms with Crippen molar-refractivity contribution in [1.29, 1.82) is 0 Å². The van der Waals surface area contributed by atoms with Crippen LogP contribution in [0.15, 0.2) is 0 Å². The van der Waals surface area contributed by atoms with E-state index in [-0.39, 0.29) is 30.5 Å². The van der Waals surface area contributed by atoms with Gasteiger partial charge in [-0.15, -0.1) is 0 Å². The predicted octanol–water partition coefficient (Wildman–Crippen LogP) is 0.604. The molecular formula is C12H24N2O2. The molecule has 2 atom stereocenters. The highest BCUT2D eigenvalue weighted by Gasteiger charge is 2.33. The first kappa shape index (κ1) is 13.5. The zero-order valence-corrected chi connectivity index (χ0v) is 10.6. The summed E-state index contributed by atoms with van der Waals surface area (Å²) in [6, 6.07) is 0.495.